The monoisotopic (exact) mass is 521 g/mol. The van der Waals surface area contributed by atoms with Crippen LogP contribution in [0.15, 0.2) is 36.4 Å². The summed E-state index contributed by atoms with van der Waals surface area (Å²) in [7, 11) is 3.12. The number of halogens is 2. The molecule has 2 aliphatic heterocycles. The molecule has 2 fully saturated rings. The zero-order valence-electron chi connectivity index (χ0n) is 19.8. The maximum absolute atomic E-state index is 13.1. The van der Waals surface area contributed by atoms with Crippen molar-refractivity contribution in [2.45, 2.75) is 6.10 Å². The van der Waals surface area contributed by atoms with Crippen LogP contribution in [0.25, 0.3) is 0 Å². The molecule has 188 valence electrons. The first-order valence-corrected chi connectivity index (χ1v) is 12.2. The van der Waals surface area contributed by atoms with E-state index in [4.69, 9.17) is 37.4 Å². The molecule has 0 aromatic heterocycles. The standard InChI is InChI=1S/C25H29Cl2N3O5/c1-33-18-4-5-20(23(14-18)34-2)25(32)29-9-7-28(8-10-29)15-19-16-30(11-12-35-19)24(31)17-3-6-21(26)22(27)13-17/h3-6,13-14,19H,7-12,15-16H2,1-2H3. The largest absolute Gasteiger partial charge is 0.497 e. The summed E-state index contributed by atoms with van der Waals surface area (Å²) >= 11 is 12.1. The SMILES string of the molecule is COc1ccc(C(=O)N2CCN(CC3CN(C(=O)c4ccc(Cl)c(Cl)c4)CCO3)CC2)c(OC)c1. The Bertz CT molecular complexity index is 1080. The molecule has 2 saturated heterocycles. The Balaban J connectivity index is 1.30. The summed E-state index contributed by atoms with van der Waals surface area (Å²) in [4.78, 5) is 31.9. The fourth-order valence-corrected chi connectivity index (χ4v) is 4.69. The lowest BCUT2D eigenvalue weighted by Crippen LogP contribution is -2.54. The molecule has 0 saturated carbocycles. The predicted molar refractivity (Wildman–Crippen MR) is 134 cm³/mol. The fraction of sp³-hybridized carbons (Fsp3) is 0.440. The van der Waals surface area contributed by atoms with Gasteiger partial charge in [-0.3, -0.25) is 14.5 Å². The van der Waals surface area contributed by atoms with E-state index in [9.17, 15) is 9.59 Å². The van der Waals surface area contributed by atoms with Crippen LogP contribution in [0.4, 0.5) is 0 Å². The minimum Gasteiger partial charge on any atom is -0.497 e. The average molecular weight is 522 g/mol. The third-order valence-corrected chi connectivity index (χ3v) is 7.09. The highest BCUT2D eigenvalue weighted by Gasteiger charge is 2.29. The van der Waals surface area contributed by atoms with Gasteiger partial charge in [-0.15, -0.1) is 0 Å². The van der Waals surface area contributed by atoms with Crippen LogP contribution in [-0.4, -0.2) is 99.3 Å². The van der Waals surface area contributed by atoms with E-state index < -0.39 is 0 Å². The molecule has 0 N–H and O–H groups in total. The van der Waals surface area contributed by atoms with E-state index in [0.717, 1.165) is 13.1 Å². The van der Waals surface area contributed by atoms with Crippen molar-refractivity contribution < 1.29 is 23.8 Å². The van der Waals surface area contributed by atoms with Crippen molar-refractivity contribution in [3.05, 3.63) is 57.6 Å². The maximum Gasteiger partial charge on any atom is 0.257 e. The third-order valence-electron chi connectivity index (χ3n) is 6.35. The van der Waals surface area contributed by atoms with Crippen molar-refractivity contribution >= 4 is 35.0 Å². The molecule has 1 unspecified atom stereocenters. The van der Waals surface area contributed by atoms with E-state index in [2.05, 4.69) is 4.90 Å². The highest BCUT2D eigenvalue weighted by Crippen LogP contribution is 2.27. The summed E-state index contributed by atoms with van der Waals surface area (Å²) in [5.74, 6) is 0.999. The lowest BCUT2D eigenvalue weighted by molar-refractivity contribution is -0.0400. The first kappa shape index (κ1) is 25.6. The Hall–Kier alpha value is -2.52. The number of amides is 2. The second-order valence-electron chi connectivity index (χ2n) is 8.53. The molecule has 1 atom stereocenters. The number of carbonyl (C=O) groups is 2. The molecule has 2 amide bonds. The minimum absolute atomic E-state index is 0.0588. The van der Waals surface area contributed by atoms with E-state index in [1.54, 1.807) is 55.5 Å². The van der Waals surface area contributed by atoms with Crippen LogP contribution < -0.4 is 9.47 Å². The molecule has 0 aliphatic carbocycles. The fourth-order valence-electron chi connectivity index (χ4n) is 4.39. The molecule has 0 radical (unpaired) electrons. The van der Waals surface area contributed by atoms with Gasteiger partial charge in [-0.05, 0) is 30.3 Å². The van der Waals surface area contributed by atoms with Crippen LogP contribution in [-0.2, 0) is 4.74 Å². The van der Waals surface area contributed by atoms with Gasteiger partial charge in [0, 0.05) is 57.4 Å². The zero-order chi connectivity index (χ0) is 24.9. The van der Waals surface area contributed by atoms with Crippen LogP contribution in [0, 0.1) is 0 Å². The quantitative estimate of drug-likeness (QED) is 0.580. The van der Waals surface area contributed by atoms with Crippen LogP contribution in [0.1, 0.15) is 20.7 Å². The Morgan fingerprint density at radius 2 is 1.69 bits per heavy atom. The zero-order valence-corrected chi connectivity index (χ0v) is 21.3. The minimum atomic E-state index is -0.0978. The van der Waals surface area contributed by atoms with Gasteiger partial charge >= 0.3 is 0 Å². The van der Waals surface area contributed by atoms with Gasteiger partial charge in [-0.2, -0.15) is 0 Å². The van der Waals surface area contributed by atoms with E-state index in [-0.39, 0.29) is 17.9 Å². The normalized spacial score (nSPS) is 18.9. The highest BCUT2D eigenvalue weighted by molar-refractivity contribution is 6.42. The van der Waals surface area contributed by atoms with Crippen molar-refractivity contribution in [2.75, 3.05) is 66.6 Å². The van der Waals surface area contributed by atoms with Gasteiger partial charge in [0.1, 0.15) is 11.5 Å². The van der Waals surface area contributed by atoms with Gasteiger partial charge in [-0.25, -0.2) is 0 Å². The number of benzene rings is 2. The van der Waals surface area contributed by atoms with E-state index in [1.165, 1.54) is 0 Å². The Labute approximate surface area is 215 Å². The summed E-state index contributed by atoms with van der Waals surface area (Å²) in [6.07, 6.45) is -0.0978. The Kier molecular flexibility index (Phi) is 8.38. The van der Waals surface area contributed by atoms with Gasteiger partial charge in [0.05, 0.1) is 42.5 Å². The Morgan fingerprint density at radius 3 is 2.37 bits per heavy atom. The van der Waals surface area contributed by atoms with E-state index >= 15 is 0 Å². The molecular formula is C25H29Cl2N3O5. The summed E-state index contributed by atoms with van der Waals surface area (Å²) in [6, 6.07) is 10.1. The van der Waals surface area contributed by atoms with Crippen LogP contribution >= 0.6 is 23.2 Å². The van der Waals surface area contributed by atoms with Crippen molar-refractivity contribution in [1.29, 1.82) is 0 Å². The Morgan fingerprint density at radius 1 is 0.914 bits per heavy atom. The molecule has 8 nitrogen and oxygen atoms in total. The number of nitrogens with zero attached hydrogens (tertiary/aromatic N) is 3. The van der Waals surface area contributed by atoms with E-state index in [0.29, 0.717) is 72.0 Å². The molecule has 2 aromatic rings. The maximum atomic E-state index is 13.1. The van der Waals surface area contributed by atoms with Gasteiger partial charge in [-0.1, -0.05) is 23.2 Å². The number of morpholine rings is 1. The number of hydrogen-bond donors (Lipinski definition) is 0. The molecule has 35 heavy (non-hydrogen) atoms. The van der Waals surface area contributed by atoms with E-state index in [1.807, 2.05) is 4.90 Å². The molecular weight excluding hydrogens is 493 g/mol. The van der Waals surface area contributed by atoms with Crippen molar-refractivity contribution in [3.63, 3.8) is 0 Å². The topological polar surface area (TPSA) is 71.6 Å². The number of rotatable bonds is 6. The first-order valence-electron chi connectivity index (χ1n) is 11.5. The predicted octanol–water partition coefficient (Wildman–Crippen LogP) is 3.31. The summed E-state index contributed by atoms with van der Waals surface area (Å²) < 4.78 is 16.6. The average Bonchev–Trinajstić information content (AvgIpc) is 2.89. The number of ether oxygens (including phenoxy) is 3. The highest BCUT2D eigenvalue weighted by atomic mass is 35.5. The van der Waals surface area contributed by atoms with Gasteiger partial charge in [0.2, 0.25) is 0 Å². The van der Waals surface area contributed by atoms with Gasteiger partial charge in [0.25, 0.3) is 11.8 Å². The molecule has 0 bridgehead atoms. The first-order chi connectivity index (χ1) is 16.9. The lowest BCUT2D eigenvalue weighted by Gasteiger charge is -2.39. The molecule has 0 spiro atoms. The van der Waals surface area contributed by atoms with Crippen molar-refractivity contribution in [2.24, 2.45) is 0 Å². The van der Waals surface area contributed by atoms with Crippen LogP contribution in [0.2, 0.25) is 10.0 Å². The van der Waals surface area contributed by atoms with Crippen LogP contribution in [0.5, 0.6) is 11.5 Å². The number of carbonyl (C=O) groups excluding carboxylic acids is 2. The number of methoxy groups -OCH3 is 2. The van der Waals surface area contributed by atoms with Gasteiger partial charge in [0.15, 0.2) is 0 Å². The van der Waals surface area contributed by atoms with Crippen molar-refractivity contribution in [3.8, 4) is 11.5 Å². The number of hydrogen-bond acceptors (Lipinski definition) is 6. The molecule has 2 aliphatic rings. The van der Waals surface area contributed by atoms with Gasteiger partial charge < -0.3 is 24.0 Å². The summed E-state index contributed by atoms with van der Waals surface area (Å²) in [5, 5.41) is 0.785. The third kappa shape index (κ3) is 6.01. The number of piperazine rings is 1. The van der Waals surface area contributed by atoms with Crippen LogP contribution in [0.3, 0.4) is 0 Å². The molecule has 4 rings (SSSR count). The molecule has 10 heteroatoms. The second kappa shape index (κ2) is 11.5. The lowest BCUT2D eigenvalue weighted by atomic mass is 10.1. The molecule has 2 heterocycles. The molecule has 2 aromatic carbocycles. The van der Waals surface area contributed by atoms with Crippen molar-refractivity contribution in [1.82, 2.24) is 14.7 Å². The summed E-state index contributed by atoms with van der Waals surface area (Å²) in [5.41, 5.74) is 1.04. The summed E-state index contributed by atoms with van der Waals surface area (Å²) in [6.45, 7) is 4.87. The second-order valence-corrected chi connectivity index (χ2v) is 9.35. The smallest absolute Gasteiger partial charge is 0.257 e.